The van der Waals surface area contributed by atoms with E-state index in [9.17, 15) is 0 Å². The minimum atomic E-state index is 0.321. The Balaban J connectivity index is 2.38. The van der Waals surface area contributed by atoms with Gasteiger partial charge in [-0.3, -0.25) is 9.38 Å². The quantitative estimate of drug-likeness (QED) is 0.681. The van der Waals surface area contributed by atoms with Crippen LogP contribution >= 0.6 is 11.6 Å². The van der Waals surface area contributed by atoms with Crippen molar-refractivity contribution in [3.63, 3.8) is 0 Å². The number of imidazole rings is 1. The molecule has 0 fully saturated rings. The number of rotatable bonds is 1. The minimum Gasteiger partial charge on any atom is -0.369 e. The van der Waals surface area contributed by atoms with Gasteiger partial charge in [-0.25, -0.2) is 9.97 Å². The molecule has 0 amide bonds. The third-order valence-electron chi connectivity index (χ3n) is 2.72. The number of nitrogens with zero attached hydrogens (tertiary/aromatic N) is 4. The smallest absolute Gasteiger partial charge is 0.207 e. The number of halogens is 1. The Bertz CT molecular complexity index is 734. The molecule has 0 aliphatic heterocycles. The van der Waals surface area contributed by atoms with Crippen LogP contribution in [0.2, 0.25) is 5.15 Å². The van der Waals surface area contributed by atoms with Crippen molar-refractivity contribution in [2.45, 2.75) is 6.92 Å². The van der Waals surface area contributed by atoms with E-state index in [1.165, 1.54) is 0 Å². The molecule has 3 aromatic heterocycles. The second-order valence-corrected chi connectivity index (χ2v) is 4.30. The number of fused-ring (bicyclic) bond motifs is 1. The lowest BCUT2D eigenvalue weighted by atomic mass is 10.1. The standard InChI is InChI=1S/C12H10ClN5/c1-7-6-8(2-3-15-7)9-10(13)17-12(14)18-5-4-16-11(9)18/h2-6H,1H3,(H2,14,17). The lowest BCUT2D eigenvalue weighted by Crippen LogP contribution is -2.02. The molecule has 0 atom stereocenters. The van der Waals surface area contributed by atoms with Gasteiger partial charge >= 0.3 is 0 Å². The number of aromatic nitrogens is 4. The normalized spacial score (nSPS) is 11.0. The lowest BCUT2D eigenvalue weighted by molar-refractivity contribution is 1.11. The fraction of sp³-hybridized carbons (Fsp3) is 0.0833. The zero-order valence-electron chi connectivity index (χ0n) is 9.63. The molecule has 0 aliphatic carbocycles. The van der Waals surface area contributed by atoms with Gasteiger partial charge in [0, 0.05) is 24.3 Å². The third kappa shape index (κ3) is 1.60. The van der Waals surface area contributed by atoms with E-state index in [0.717, 1.165) is 16.8 Å². The van der Waals surface area contributed by atoms with Crippen molar-refractivity contribution < 1.29 is 0 Å². The molecule has 0 aliphatic rings. The highest BCUT2D eigenvalue weighted by Gasteiger charge is 2.14. The van der Waals surface area contributed by atoms with Crippen LogP contribution in [0.25, 0.3) is 16.8 Å². The molecule has 0 saturated carbocycles. The van der Waals surface area contributed by atoms with Crippen molar-refractivity contribution in [3.05, 3.63) is 41.6 Å². The highest BCUT2D eigenvalue weighted by Crippen LogP contribution is 2.31. The van der Waals surface area contributed by atoms with E-state index in [1.54, 1.807) is 23.0 Å². The van der Waals surface area contributed by atoms with Gasteiger partial charge in [-0.2, -0.15) is 0 Å². The highest BCUT2D eigenvalue weighted by molar-refractivity contribution is 6.33. The second kappa shape index (κ2) is 3.96. The number of pyridine rings is 1. The molecule has 18 heavy (non-hydrogen) atoms. The monoisotopic (exact) mass is 259 g/mol. The van der Waals surface area contributed by atoms with Crippen LogP contribution in [0.5, 0.6) is 0 Å². The van der Waals surface area contributed by atoms with Crippen LogP contribution in [0.15, 0.2) is 30.7 Å². The molecule has 0 radical (unpaired) electrons. The van der Waals surface area contributed by atoms with E-state index in [4.69, 9.17) is 17.3 Å². The summed E-state index contributed by atoms with van der Waals surface area (Å²) in [4.78, 5) is 12.6. The van der Waals surface area contributed by atoms with Crippen molar-refractivity contribution in [1.82, 2.24) is 19.4 Å². The van der Waals surface area contributed by atoms with Gasteiger partial charge < -0.3 is 5.73 Å². The molecule has 0 unspecified atom stereocenters. The Morgan fingerprint density at radius 1 is 1.28 bits per heavy atom. The lowest BCUT2D eigenvalue weighted by Gasteiger charge is -2.08. The van der Waals surface area contributed by atoms with E-state index in [0.29, 0.717) is 16.7 Å². The van der Waals surface area contributed by atoms with E-state index < -0.39 is 0 Å². The zero-order chi connectivity index (χ0) is 12.7. The molecule has 5 nitrogen and oxygen atoms in total. The first kappa shape index (κ1) is 11.0. The number of nitrogen functional groups attached to an aromatic ring is 1. The van der Waals surface area contributed by atoms with Crippen LogP contribution in [0.1, 0.15) is 5.69 Å². The van der Waals surface area contributed by atoms with Crippen molar-refractivity contribution >= 4 is 23.2 Å². The molecule has 0 aromatic carbocycles. The fourth-order valence-corrected chi connectivity index (χ4v) is 2.21. The van der Waals surface area contributed by atoms with Crippen molar-refractivity contribution in [2.75, 3.05) is 5.73 Å². The van der Waals surface area contributed by atoms with Gasteiger partial charge in [0.1, 0.15) is 5.15 Å². The largest absolute Gasteiger partial charge is 0.369 e. The Hall–Kier alpha value is -2.14. The maximum absolute atomic E-state index is 6.19. The summed E-state index contributed by atoms with van der Waals surface area (Å²) in [6, 6.07) is 3.81. The number of hydrogen-bond acceptors (Lipinski definition) is 4. The maximum Gasteiger partial charge on any atom is 0.207 e. The van der Waals surface area contributed by atoms with E-state index in [1.807, 2.05) is 19.1 Å². The number of anilines is 1. The molecule has 2 N–H and O–H groups in total. The molecular formula is C12H10ClN5. The van der Waals surface area contributed by atoms with Gasteiger partial charge in [-0.05, 0) is 24.6 Å². The molecule has 6 heteroatoms. The first-order valence-corrected chi connectivity index (χ1v) is 5.75. The Morgan fingerprint density at radius 2 is 2.11 bits per heavy atom. The fourth-order valence-electron chi connectivity index (χ4n) is 1.93. The van der Waals surface area contributed by atoms with Gasteiger partial charge in [0.25, 0.3) is 0 Å². The third-order valence-corrected chi connectivity index (χ3v) is 2.99. The molecule has 3 heterocycles. The predicted octanol–water partition coefficient (Wildman–Crippen LogP) is 2.34. The van der Waals surface area contributed by atoms with Crippen LogP contribution in [0, 0.1) is 6.92 Å². The van der Waals surface area contributed by atoms with Crippen molar-refractivity contribution in [2.24, 2.45) is 0 Å². The maximum atomic E-state index is 6.19. The van der Waals surface area contributed by atoms with Crippen LogP contribution in [0.4, 0.5) is 5.95 Å². The SMILES string of the molecule is Cc1cc(-c2c(Cl)nc(N)n3ccnc23)ccn1. The summed E-state index contributed by atoms with van der Waals surface area (Å²) in [7, 11) is 0. The van der Waals surface area contributed by atoms with E-state index in [-0.39, 0.29) is 0 Å². The summed E-state index contributed by atoms with van der Waals surface area (Å²) < 4.78 is 1.71. The summed E-state index contributed by atoms with van der Waals surface area (Å²) in [5, 5.41) is 0.344. The van der Waals surface area contributed by atoms with E-state index >= 15 is 0 Å². The summed E-state index contributed by atoms with van der Waals surface area (Å²) in [5.74, 6) is 0.321. The Morgan fingerprint density at radius 3 is 2.89 bits per heavy atom. The first-order chi connectivity index (χ1) is 8.66. The highest BCUT2D eigenvalue weighted by atomic mass is 35.5. The Kier molecular flexibility index (Phi) is 2.41. The molecule has 0 spiro atoms. The van der Waals surface area contributed by atoms with Crippen LogP contribution in [-0.4, -0.2) is 19.4 Å². The summed E-state index contributed by atoms with van der Waals surface area (Å²) in [6.07, 6.45) is 5.16. The molecule has 0 bridgehead atoms. The van der Waals surface area contributed by atoms with E-state index in [2.05, 4.69) is 15.0 Å². The van der Waals surface area contributed by atoms with Crippen LogP contribution in [0.3, 0.4) is 0 Å². The second-order valence-electron chi connectivity index (χ2n) is 3.94. The minimum absolute atomic E-state index is 0.321. The zero-order valence-corrected chi connectivity index (χ0v) is 10.4. The molecule has 3 aromatic rings. The topological polar surface area (TPSA) is 69.1 Å². The number of nitrogens with two attached hydrogens (primary N) is 1. The Labute approximate surface area is 108 Å². The number of aryl methyl sites for hydroxylation is 1. The molecular weight excluding hydrogens is 250 g/mol. The van der Waals surface area contributed by atoms with Crippen molar-refractivity contribution in [1.29, 1.82) is 0 Å². The van der Waals surface area contributed by atoms with Gasteiger partial charge in [-0.15, -0.1) is 0 Å². The van der Waals surface area contributed by atoms with Gasteiger partial charge in [0.05, 0.1) is 5.56 Å². The first-order valence-electron chi connectivity index (χ1n) is 5.38. The molecule has 90 valence electrons. The van der Waals surface area contributed by atoms with Gasteiger partial charge in [0.2, 0.25) is 5.95 Å². The number of hydrogen-bond donors (Lipinski definition) is 1. The van der Waals surface area contributed by atoms with Crippen molar-refractivity contribution in [3.8, 4) is 11.1 Å². The average Bonchev–Trinajstić information content (AvgIpc) is 2.78. The average molecular weight is 260 g/mol. The van der Waals surface area contributed by atoms with Gasteiger partial charge in [0.15, 0.2) is 5.65 Å². The summed E-state index contributed by atoms with van der Waals surface area (Å²) in [6.45, 7) is 1.92. The van der Waals surface area contributed by atoms with Gasteiger partial charge in [-0.1, -0.05) is 11.6 Å². The van der Waals surface area contributed by atoms with Crippen LogP contribution < -0.4 is 5.73 Å². The summed E-state index contributed by atoms with van der Waals surface area (Å²) in [5.41, 5.74) is 9.09. The predicted molar refractivity (Wildman–Crippen MR) is 70.4 cm³/mol. The van der Waals surface area contributed by atoms with Crippen LogP contribution in [-0.2, 0) is 0 Å². The molecule has 3 rings (SSSR count). The molecule has 0 saturated heterocycles. The summed E-state index contributed by atoms with van der Waals surface area (Å²) >= 11 is 6.19.